The average molecular weight is 336 g/mol. The molecule has 0 bridgehead atoms. The molecule has 4 aromatic rings. The summed E-state index contributed by atoms with van der Waals surface area (Å²) in [5.41, 5.74) is 3.06. The molecule has 0 aliphatic carbocycles. The monoisotopic (exact) mass is 336 g/mol. The number of hydrogen-bond donors (Lipinski definition) is 1. The number of halogens is 1. The number of nitrogens with one attached hydrogen (secondary N) is 1. The summed E-state index contributed by atoms with van der Waals surface area (Å²) in [5.74, 6) is 0.541. The quantitative estimate of drug-likeness (QED) is 0.619. The summed E-state index contributed by atoms with van der Waals surface area (Å²) in [6.45, 7) is 3.97. The van der Waals surface area contributed by atoms with Gasteiger partial charge in [-0.05, 0) is 26.0 Å². The summed E-state index contributed by atoms with van der Waals surface area (Å²) in [6.07, 6.45) is 5.27. The minimum atomic E-state index is -0.305. The average Bonchev–Trinajstić information content (AvgIpc) is 3.24. The van der Waals surface area contributed by atoms with Crippen molar-refractivity contribution in [3.8, 4) is 5.69 Å². The number of aromatic nitrogens is 5. The normalized spacial score (nSPS) is 12.4. The van der Waals surface area contributed by atoms with Crippen LogP contribution in [-0.2, 0) is 0 Å². The Morgan fingerprint density at radius 1 is 1.16 bits per heavy atom. The fraction of sp³-hybridized carbons (Fsp3) is 0.167. The van der Waals surface area contributed by atoms with Gasteiger partial charge in [-0.3, -0.25) is 0 Å². The fourth-order valence-corrected chi connectivity index (χ4v) is 2.78. The predicted molar refractivity (Wildman–Crippen MR) is 93.3 cm³/mol. The first-order valence-corrected chi connectivity index (χ1v) is 7.99. The number of aryl methyl sites for hydroxylation is 1. The Kier molecular flexibility index (Phi) is 3.68. The van der Waals surface area contributed by atoms with Gasteiger partial charge in [0.1, 0.15) is 17.3 Å². The van der Waals surface area contributed by atoms with Crippen molar-refractivity contribution in [2.75, 3.05) is 5.32 Å². The van der Waals surface area contributed by atoms with E-state index in [1.54, 1.807) is 39.8 Å². The van der Waals surface area contributed by atoms with E-state index in [0.29, 0.717) is 5.69 Å². The van der Waals surface area contributed by atoms with Gasteiger partial charge < -0.3 is 5.32 Å². The van der Waals surface area contributed by atoms with Crippen LogP contribution in [0.4, 0.5) is 10.2 Å². The lowest BCUT2D eigenvalue weighted by molar-refractivity contribution is 0.611. The maximum absolute atomic E-state index is 13.9. The lowest BCUT2D eigenvalue weighted by Crippen LogP contribution is -2.11. The van der Waals surface area contributed by atoms with Crippen LogP contribution in [0.3, 0.4) is 0 Å². The summed E-state index contributed by atoms with van der Waals surface area (Å²) >= 11 is 0. The van der Waals surface area contributed by atoms with Gasteiger partial charge in [0.2, 0.25) is 0 Å². The molecule has 0 unspecified atom stereocenters. The van der Waals surface area contributed by atoms with Gasteiger partial charge in [-0.15, -0.1) is 0 Å². The molecule has 7 heteroatoms. The van der Waals surface area contributed by atoms with E-state index in [1.807, 2.05) is 32.2 Å². The molecule has 0 saturated carbocycles. The Hall–Kier alpha value is -3.22. The minimum Gasteiger partial charge on any atom is -0.363 e. The van der Waals surface area contributed by atoms with Crippen LogP contribution in [-0.4, -0.2) is 24.4 Å². The van der Waals surface area contributed by atoms with E-state index in [0.717, 1.165) is 22.7 Å². The molecule has 0 spiro atoms. The molecular formula is C18H17FN6. The number of rotatable bonds is 4. The first-order valence-electron chi connectivity index (χ1n) is 7.99. The molecule has 25 heavy (non-hydrogen) atoms. The Morgan fingerprint density at radius 2 is 2.00 bits per heavy atom. The van der Waals surface area contributed by atoms with Crippen LogP contribution in [0, 0.1) is 12.7 Å². The Bertz CT molecular complexity index is 1030. The number of hydrogen-bond acceptors (Lipinski definition) is 4. The zero-order valence-electron chi connectivity index (χ0n) is 13.9. The third-order valence-electron chi connectivity index (χ3n) is 4.05. The van der Waals surface area contributed by atoms with E-state index < -0.39 is 0 Å². The minimum absolute atomic E-state index is 0.0327. The molecule has 1 N–H and O–H groups in total. The van der Waals surface area contributed by atoms with E-state index in [4.69, 9.17) is 0 Å². The lowest BCUT2D eigenvalue weighted by atomic mass is 10.2. The third kappa shape index (κ3) is 2.84. The van der Waals surface area contributed by atoms with E-state index in [9.17, 15) is 4.39 Å². The Balaban J connectivity index is 1.62. The Morgan fingerprint density at radius 3 is 2.84 bits per heavy atom. The van der Waals surface area contributed by atoms with Crippen LogP contribution < -0.4 is 5.32 Å². The van der Waals surface area contributed by atoms with Gasteiger partial charge in [0.15, 0.2) is 5.65 Å². The summed E-state index contributed by atoms with van der Waals surface area (Å²) in [5, 5.41) is 12.0. The lowest BCUT2D eigenvalue weighted by Gasteiger charge is -2.15. The SMILES string of the molecule is Cc1cc(N[C@@H](C)c2cnn(-c3ccccc3F)c2)n2nccc2n1. The molecule has 3 aromatic heterocycles. The van der Waals surface area contributed by atoms with Crippen LogP contribution >= 0.6 is 0 Å². The summed E-state index contributed by atoms with van der Waals surface area (Å²) in [6, 6.07) is 10.3. The number of fused-ring (bicyclic) bond motifs is 1. The maximum atomic E-state index is 13.9. The first kappa shape index (κ1) is 15.3. The second-order valence-electron chi connectivity index (χ2n) is 5.92. The van der Waals surface area contributed by atoms with Gasteiger partial charge in [0.05, 0.1) is 18.4 Å². The fourth-order valence-electron chi connectivity index (χ4n) is 2.78. The van der Waals surface area contributed by atoms with Crippen LogP contribution in [0.1, 0.15) is 24.2 Å². The highest BCUT2D eigenvalue weighted by Gasteiger charge is 2.13. The highest BCUT2D eigenvalue weighted by molar-refractivity contribution is 5.50. The van der Waals surface area contributed by atoms with Crippen molar-refractivity contribution in [3.63, 3.8) is 0 Å². The molecule has 0 saturated heterocycles. The topological polar surface area (TPSA) is 60.0 Å². The summed E-state index contributed by atoms with van der Waals surface area (Å²) in [7, 11) is 0. The number of anilines is 1. The molecule has 1 atom stereocenters. The zero-order chi connectivity index (χ0) is 17.4. The van der Waals surface area contributed by atoms with E-state index >= 15 is 0 Å². The molecule has 0 aliphatic heterocycles. The van der Waals surface area contributed by atoms with Crippen molar-refractivity contribution in [1.82, 2.24) is 24.4 Å². The van der Waals surface area contributed by atoms with Gasteiger partial charge in [-0.1, -0.05) is 12.1 Å². The molecule has 0 fully saturated rings. The van der Waals surface area contributed by atoms with Crippen LogP contribution in [0.15, 0.2) is 55.0 Å². The van der Waals surface area contributed by atoms with Gasteiger partial charge in [0.25, 0.3) is 0 Å². The smallest absolute Gasteiger partial charge is 0.157 e. The molecular weight excluding hydrogens is 319 g/mol. The van der Waals surface area contributed by atoms with Crippen molar-refractivity contribution in [1.29, 1.82) is 0 Å². The van der Waals surface area contributed by atoms with Gasteiger partial charge in [-0.25, -0.2) is 14.1 Å². The van der Waals surface area contributed by atoms with Crippen molar-refractivity contribution in [3.05, 3.63) is 72.1 Å². The van der Waals surface area contributed by atoms with Crippen molar-refractivity contribution in [2.45, 2.75) is 19.9 Å². The van der Waals surface area contributed by atoms with E-state index in [2.05, 4.69) is 20.5 Å². The standard InChI is InChI=1S/C18H17FN6/c1-12-9-18(25-17(22-12)7-8-20-25)23-13(2)14-10-21-24(11-14)16-6-4-3-5-15(16)19/h3-11,13,23H,1-2H3/t13-/m0/s1. The zero-order valence-corrected chi connectivity index (χ0v) is 13.9. The largest absolute Gasteiger partial charge is 0.363 e. The summed E-state index contributed by atoms with van der Waals surface area (Å²) < 4.78 is 17.2. The second kappa shape index (κ2) is 6.01. The van der Waals surface area contributed by atoms with Crippen molar-refractivity contribution in [2.24, 2.45) is 0 Å². The maximum Gasteiger partial charge on any atom is 0.157 e. The van der Waals surface area contributed by atoms with Crippen LogP contribution in [0.5, 0.6) is 0 Å². The van der Waals surface area contributed by atoms with Crippen molar-refractivity contribution < 1.29 is 4.39 Å². The van der Waals surface area contributed by atoms with Gasteiger partial charge in [0, 0.05) is 29.6 Å². The van der Waals surface area contributed by atoms with Crippen LogP contribution in [0.25, 0.3) is 11.3 Å². The molecule has 0 amide bonds. The second-order valence-corrected chi connectivity index (χ2v) is 5.92. The molecule has 3 heterocycles. The molecule has 6 nitrogen and oxygen atoms in total. The Labute approximate surface area is 143 Å². The number of benzene rings is 1. The molecule has 1 aromatic carbocycles. The summed E-state index contributed by atoms with van der Waals surface area (Å²) in [4.78, 5) is 4.43. The third-order valence-corrected chi connectivity index (χ3v) is 4.05. The predicted octanol–water partition coefficient (Wildman–Crippen LogP) is 3.54. The van der Waals surface area contributed by atoms with Gasteiger partial charge in [-0.2, -0.15) is 14.7 Å². The van der Waals surface area contributed by atoms with Crippen LogP contribution in [0.2, 0.25) is 0 Å². The molecule has 4 rings (SSSR count). The highest BCUT2D eigenvalue weighted by atomic mass is 19.1. The van der Waals surface area contributed by atoms with E-state index in [-0.39, 0.29) is 11.9 Å². The number of nitrogens with zero attached hydrogens (tertiary/aromatic N) is 5. The van der Waals surface area contributed by atoms with Gasteiger partial charge >= 0.3 is 0 Å². The molecule has 0 aliphatic rings. The molecule has 0 radical (unpaired) electrons. The number of para-hydroxylation sites is 1. The van der Waals surface area contributed by atoms with Crippen molar-refractivity contribution >= 4 is 11.5 Å². The highest BCUT2D eigenvalue weighted by Crippen LogP contribution is 2.21. The van der Waals surface area contributed by atoms with E-state index in [1.165, 1.54) is 6.07 Å². The first-order chi connectivity index (χ1) is 12.1. The molecule has 126 valence electrons.